The zero-order valence-corrected chi connectivity index (χ0v) is 53.7. The van der Waals surface area contributed by atoms with Crippen LogP contribution < -0.4 is 0 Å². The smallest absolute Gasteiger partial charge is 0.306 e. The molecule has 466 valence electrons. The summed E-state index contributed by atoms with van der Waals surface area (Å²) in [4.78, 5) is 38.2. The molecule has 0 aromatic carbocycles. The van der Waals surface area contributed by atoms with Gasteiger partial charge in [0, 0.05) is 19.3 Å². The Hall–Kier alpha value is -2.11. The molecule has 0 aromatic rings. The predicted molar refractivity (Wildman–Crippen MR) is 344 cm³/mol. The molecule has 1 atom stereocenters. The Morgan fingerprint density at radius 3 is 0.696 bits per heavy atom. The van der Waals surface area contributed by atoms with E-state index in [2.05, 4.69) is 45.1 Å². The SMILES string of the molecule is CCCCCCC/C=C\C/C=C\CCCCCCCCCCCCCCCCCCCCCC(=O)OCC(COC(=O)CCCCCCCCCC)OC(=O)CCCCCCCCCCCCCCCCCCCCCCCC. The fraction of sp³-hybridized carbons (Fsp3) is 0.904. The van der Waals surface area contributed by atoms with Gasteiger partial charge in [-0.3, -0.25) is 14.4 Å². The summed E-state index contributed by atoms with van der Waals surface area (Å²) in [6.45, 7) is 6.68. The second kappa shape index (κ2) is 68.4. The molecule has 0 amide bonds. The van der Waals surface area contributed by atoms with Crippen LogP contribution in [0.2, 0.25) is 0 Å². The van der Waals surface area contributed by atoms with Crippen molar-refractivity contribution in [3.63, 3.8) is 0 Å². The van der Waals surface area contributed by atoms with Gasteiger partial charge in [0.1, 0.15) is 13.2 Å². The minimum absolute atomic E-state index is 0.0637. The lowest BCUT2D eigenvalue weighted by Gasteiger charge is -2.18. The highest BCUT2D eigenvalue weighted by molar-refractivity contribution is 5.71. The summed E-state index contributed by atoms with van der Waals surface area (Å²) in [7, 11) is 0. The predicted octanol–water partition coefficient (Wildman–Crippen LogP) is 24.6. The summed E-state index contributed by atoms with van der Waals surface area (Å²) in [6.07, 6.45) is 83.8. The largest absolute Gasteiger partial charge is 0.462 e. The molecule has 0 aliphatic heterocycles. The number of hydrogen-bond acceptors (Lipinski definition) is 6. The van der Waals surface area contributed by atoms with Crippen molar-refractivity contribution in [3.05, 3.63) is 24.3 Å². The van der Waals surface area contributed by atoms with Crippen LogP contribution in [0.3, 0.4) is 0 Å². The van der Waals surface area contributed by atoms with Crippen molar-refractivity contribution in [3.8, 4) is 0 Å². The van der Waals surface area contributed by atoms with Crippen molar-refractivity contribution < 1.29 is 28.6 Å². The molecule has 0 heterocycles. The monoisotopic (exact) mass is 1110 g/mol. The molecule has 0 rings (SSSR count). The van der Waals surface area contributed by atoms with E-state index in [-0.39, 0.29) is 31.1 Å². The van der Waals surface area contributed by atoms with Gasteiger partial charge in [0.15, 0.2) is 6.10 Å². The summed E-state index contributed by atoms with van der Waals surface area (Å²) >= 11 is 0. The molecule has 0 spiro atoms. The lowest BCUT2D eigenvalue weighted by Crippen LogP contribution is -2.30. The first-order chi connectivity index (χ1) is 39.0. The minimum Gasteiger partial charge on any atom is -0.462 e. The molecular formula is C73H138O6. The number of hydrogen-bond donors (Lipinski definition) is 0. The van der Waals surface area contributed by atoms with Crippen molar-refractivity contribution in [1.29, 1.82) is 0 Å². The summed E-state index contributed by atoms with van der Waals surface area (Å²) < 4.78 is 16.9. The van der Waals surface area contributed by atoms with E-state index >= 15 is 0 Å². The van der Waals surface area contributed by atoms with Crippen LogP contribution in [0.15, 0.2) is 24.3 Å². The second-order valence-electron chi connectivity index (χ2n) is 24.5. The summed E-state index contributed by atoms with van der Waals surface area (Å²) in [5.41, 5.74) is 0. The fourth-order valence-corrected chi connectivity index (χ4v) is 11.1. The molecule has 0 saturated heterocycles. The van der Waals surface area contributed by atoms with Crippen LogP contribution in [0.5, 0.6) is 0 Å². The van der Waals surface area contributed by atoms with Gasteiger partial charge in [0.2, 0.25) is 0 Å². The van der Waals surface area contributed by atoms with E-state index in [0.717, 1.165) is 64.2 Å². The van der Waals surface area contributed by atoms with E-state index in [0.29, 0.717) is 19.3 Å². The van der Waals surface area contributed by atoms with Gasteiger partial charge in [-0.15, -0.1) is 0 Å². The molecule has 0 radical (unpaired) electrons. The molecule has 0 aliphatic rings. The number of esters is 3. The van der Waals surface area contributed by atoms with Gasteiger partial charge in [0.05, 0.1) is 0 Å². The molecule has 0 fully saturated rings. The maximum atomic E-state index is 12.9. The van der Waals surface area contributed by atoms with E-state index in [1.165, 1.54) is 302 Å². The average molecular weight is 1110 g/mol. The van der Waals surface area contributed by atoms with Crippen molar-refractivity contribution in [2.75, 3.05) is 13.2 Å². The van der Waals surface area contributed by atoms with Crippen LogP contribution in [0.25, 0.3) is 0 Å². The second-order valence-corrected chi connectivity index (χ2v) is 24.5. The van der Waals surface area contributed by atoms with Crippen molar-refractivity contribution in [2.24, 2.45) is 0 Å². The van der Waals surface area contributed by atoms with E-state index in [9.17, 15) is 14.4 Å². The van der Waals surface area contributed by atoms with E-state index in [4.69, 9.17) is 14.2 Å². The molecule has 6 heteroatoms. The topological polar surface area (TPSA) is 78.9 Å². The van der Waals surface area contributed by atoms with Crippen LogP contribution in [-0.2, 0) is 28.6 Å². The van der Waals surface area contributed by atoms with Crippen molar-refractivity contribution in [1.82, 2.24) is 0 Å². The average Bonchev–Trinajstić information content (AvgIpc) is 3.45. The highest BCUT2D eigenvalue weighted by Gasteiger charge is 2.19. The zero-order chi connectivity index (χ0) is 57.1. The van der Waals surface area contributed by atoms with Gasteiger partial charge in [-0.25, -0.2) is 0 Å². The van der Waals surface area contributed by atoms with Crippen LogP contribution in [0.1, 0.15) is 406 Å². The van der Waals surface area contributed by atoms with Gasteiger partial charge in [-0.05, 0) is 51.4 Å². The van der Waals surface area contributed by atoms with Crippen LogP contribution in [0.4, 0.5) is 0 Å². The number of ether oxygens (including phenoxy) is 3. The summed E-state index contributed by atoms with van der Waals surface area (Å²) in [6, 6.07) is 0. The van der Waals surface area contributed by atoms with Crippen LogP contribution in [0, 0.1) is 0 Å². The maximum Gasteiger partial charge on any atom is 0.306 e. The Bertz CT molecular complexity index is 1270. The third-order valence-electron chi connectivity index (χ3n) is 16.5. The molecule has 1 unspecified atom stereocenters. The quantitative estimate of drug-likeness (QED) is 0.0261. The van der Waals surface area contributed by atoms with Crippen molar-refractivity contribution in [2.45, 2.75) is 412 Å². The lowest BCUT2D eigenvalue weighted by atomic mass is 10.0. The van der Waals surface area contributed by atoms with Crippen LogP contribution in [-0.4, -0.2) is 37.2 Å². The number of rotatable bonds is 67. The third-order valence-corrected chi connectivity index (χ3v) is 16.5. The number of unbranched alkanes of at least 4 members (excludes halogenated alkanes) is 52. The van der Waals surface area contributed by atoms with E-state index < -0.39 is 6.10 Å². The van der Waals surface area contributed by atoms with E-state index in [1.54, 1.807) is 0 Å². The van der Waals surface area contributed by atoms with E-state index in [1.807, 2.05) is 0 Å². The van der Waals surface area contributed by atoms with Crippen molar-refractivity contribution >= 4 is 17.9 Å². The standard InChI is InChI=1S/C73H138O6/c1-4-7-10-13-16-19-21-23-25-27-29-31-33-34-35-36-37-38-39-40-41-43-44-46-48-50-52-54-57-60-63-66-72(75)78-69-70(68-77-71(74)65-62-59-56-18-15-12-9-6-3)79-73(76)67-64-61-58-55-53-51-49-47-45-42-32-30-28-26-24-22-20-17-14-11-8-5-2/h21,23,27,29,70H,4-20,22,24-26,28,30-69H2,1-3H3/b23-21-,29-27-. The Labute approximate surface area is 493 Å². The highest BCUT2D eigenvalue weighted by atomic mass is 16.6. The van der Waals surface area contributed by atoms with Crippen LogP contribution >= 0.6 is 0 Å². The first kappa shape index (κ1) is 76.9. The lowest BCUT2D eigenvalue weighted by molar-refractivity contribution is -0.167. The zero-order valence-electron chi connectivity index (χ0n) is 53.7. The molecule has 0 saturated carbocycles. The van der Waals surface area contributed by atoms with Gasteiger partial charge in [-0.2, -0.15) is 0 Å². The Morgan fingerprint density at radius 1 is 0.253 bits per heavy atom. The Morgan fingerprint density at radius 2 is 0.456 bits per heavy atom. The molecule has 0 bridgehead atoms. The summed E-state index contributed by atoms with van der Waals surface area (Å²) in [5, 5.41) is 0. The number of allylic oxidation sites excluding steroid dienone is 4. The molecular weight excluding hydrogens is 973 g/mol. The molecule has 0 aromatic heterocycles. The number of carbonyl (C=O) groups excluding carboxylic acids is 3. The summed E-state index contributed by atoms with van der Waals surface area (Å²) in [5.74, 6) is -0.836. The fourth-order valence-electron chi connectivity index (χ4n) is 11.1. The Kier molecular flexibility index (Phi) is 66.6. The van der Waals surface area contributed by atoms with Gasteiger partial charge in [0.25, 0.3) is 0 Å². The normalized spacial score (nSPS) is 12.1. The Balaban J connectivity index is 4.02. The minimum atomic E-state index is -0.765. The van der Waals surface area contributed by atoms with Gasteiger partial charge in [-0.1, -0.05) is 360 Å². The highest BCUT2D eigenvalue weighted by Crippen LogP contribution is 2.19. The molecule has 0 aliphatic carbocycles. The number of carbonyl (C=O) groups is 3. The third kappa shape index (κ3) is 66.6. The van der Waals surface area contributed by atoms with Gasteiger partial charge >= 0.3 is 17.9 Å². The molecule has 79 heavy (non-hydrogen) atoms. The molecule has 6 nitrogen and oxygen atoms in total. The first-order valence-electron chi connectivity index (χ1n) is 35.8. The maximum absolute atomic E-state index is 12.9. The van der Waals surface area contributed by atoms with Gasteiger partial charge < -0.3 is 14.2 Å². The first-order valence-corrected chi connectivity index (χ1v) is 35.8. The molecule has 0 N–H and O–H groups in total.